The number of halogens is 1. The molecule has 1 aliphatic carbocycles. The average Bonchev–Trinajstić information content (AvgIpc) is 2.38. The number of carbonyl (C=O) groups excluding carboxylic acids is 1. The minimum absolute atomic E-state index is 0.104. The Morgan fingerprint density at radius 3 is 2.58 bits per heavy atom. The molecule has 0 aliphatic heterocycles. The molecule has 4 heteroatoms. The minimum Gasteiger partial charge on any atom is -0.469 e. The topological polar surface area (TPSA) is 38.3 Å². The van der Waals surface area contributed by atoms with Gasteiger partial charge >= 0.3 is 5.97 Å². The van der Waals surface area contributed by atoms with Crippen molar-refractivity contribution < 1.29 is 13.9 Å². The normalized spacial score (nSPS) is 16.7. The summed E-state index contributed by atoms with van der Waals surface area (Å²) in [5, 5.41) is 3.31. The van der Waals surface area contributed by atoms with Gasteiger partial charge in [0.2, 0.25) is 0 Å². The molecule has 0 bridgehead atoms. The van der Waals surface area contributed by atoms with Gasteiger partial charge in [-0.3, -0.25) is 4.79 Å². The predicted molar refractivity (Wildman–Crippen MR) is 71.3 cm³/mol. The third-order valence-electron chi connectivity index (χ3n) is 3.90. The zero-order chi connectivity index (χ0) is 13.7. The van der Waals surface area contributed by atoms with E-state index in [0.29, 0.717) is 6.54 Å². The van der Waals surface area contributed by atoms with E-state index in [1.165, 1.54) is 19.2 Å². The van der Waals surface area contributed by atoms with Crippen LogP contribution in [0.25, 0.3) is 0 Å². The first-order chi connectivity index (χ1) is 9.16. The highest BCUT2D eigenvalue weighted by Crippen LogP contribution is 2.41. The first-order valence-corrected chi connectivity index (χ1v) is 6.70. The fraction of sp³-hybridized carbons (Fsp3) is 0.533. The summed E-state index contributed by atoms with van der Waals surface area (Å²) in [6.07, 6.45) is 3.73. The highest BCUT2D eigenvalue weighted by atomic mass is 19.1. The van der Waals surface area contributed by atoms with Crippen LogP contribution in [-0.4, -0.2) is 26.2 Å². The van der Waals surface area contributed by atoms with Crippen molar-refractivity contribution in [2.75, 3.05) is 20.2 Å². The molecule has 0 aromatic heterocycles. The monoisotopic (exact) mass is 265 g/mol. The number of hydrogen-bond donors (Lipinski definition) is 1. The molecule has 1 aromatic rings. The zero-order valence-corrected chi connectivity index (χ0v) is 11.2. The van der Waals surface area contributed by atoms with Gasteiger partial charge in [-0.05, 0) is 43.5 Å². The summed E-state index contributed by atoms with van der Waals surface area (Å²) >= 11 is 0. The Kier molecular flexibility index (Phi) is 4.53. The lowest BCUT2D eigenvalue weighted by atomic mass is 9.68. The van der Waals surface area contributed by atoms with Crippen LogP contribution in [0.2, 0.25) is 0 Å². The van der Waals surface area contributed by atoms with Crippen LogP contribution >= 0.6 is 0 Å². The first kappa shape index (κ1) is 14.0. The van der Waals surface area contributed by atoms with E-state index in [9.17, 15) is 9.18 Å². The Morgan fingerprint density at radius 2 is 2.05 bits per heavy atom. The van der Waals surface area contributed by atoms with Crippen molar-refractivity contribution in [3.63, 3.8) is 0 Å². The van der Waals surface area contributed by atoms with Crippen molar-refractivity contribution in [3.05, 3.63) is 35.6 Å². The molecule has 1 aliphatic rings. The van der Waals surface area contributed by atoms with E-state index in [2.05, 4.69) is 5.32 Å². The SMILES string of the molecule is COC(=O)C1(CNCCc2ccc(F)cc2)CCC1. The second-order valence-electron chi connectivity index (χ2n) is 5.18. The largest absolute Gasteiger partial charge is 0.469 e. The van der Waals surface area contributed by atoms with Crippen molar-refractivity contribution in [1.29, 1.82) is 0 Å². The van der Waals surface area contributed by atoms with Gasteiger partial charge in [-0.1, -0.05) is 18.6 Å². The molecule has 2 rings (SSSR count). The molecule has 1 aromatic carbocycles. The number of hydrogen-bond acceptors (Lipinski definition) is 3. The van der Waals surface area contributed by atoms with E-state index in [-0.39, 0.29) is 17.2 Å². The van der Waals surface area contributed by atoms with Crippen LogP contribution in [0, 0.1) is 11.2 Å². The van der Waals surface area contributed by atoms with Gasteiger partial charge in [0.25, 0.3) is 0 Å². The van der Waals surface area contributed by atoms with E-state index in [1.54, 1.807) is 12.1 Å². The fourth-order valence-electron chi connectivity index (χ4n) is 2.48. The van der Waals surface area contributed by atoms with E-state index in [0.717, 1.165) is 37.8 Å². The molecule has 0 atom stereocenters. The van der Waals surface area contributed by atoms with Gasteiger partial charge in [0.05, 0.1) is 12.5 Å². The Morgan fingerprint density at radius 1 is 1.37 bits per heavy atom. The molecule has 104 valence electrons. The fourth-order valence-corrected chi connectivity index (χ4v) is 2.48. The van der Waals surface area contributed by atoms with Gasteiger partial charge in [0, 0.05) is 6.54 Å². The molecule has 0 unspecified atom stereocenters. The molecule has 0 amide bonds. The second kappa shape index (κ2) is 6.15. The zero-order valence-electron chi connectivity index (χ0n) is 11.2. The molecular weight excluding hydrogens is 245 g/mol. The van der Waals surface area contributed by atoms with Crippen molar-refractivity contribution >= 4 is 5.97 Å². The summed E-state index contributed by atoms with van der Waals surface area (Å²) in [6.45, 7) is 1.45. The Balaban J connectivity index is 1.74. The molecule has 0 heterocycles. The Hall–Kier alpha value is -1.42. The quantitative estimate of drug-likeness (QED) is 0.633. The Labute approximate surface area is 113 Å². The highest BCUT2D eigenvalue weighted by molar-refractivity contribution is 5.78. The van der Waals surface area contributed by atoms with Gasteiger partial charge in [-0.15, -0.1) is 0 Å². The molecule has 3 nitrogen and oxygen atoms in total. The number of nitrogens with one attached hydrogen (secondary N) is 1. The smallest absolute Gasteiger partial charge is 0.313 e. The van der Waals surface area contributed by atoms with Crippen LogP contribution < -0.4 is 5.32 Å². The van der Waals surface area contributed by atoms with Crippen LogP contribution in [-0.2, 0) is 16.0 Å². The van der Waals surface area contributed by atoms with Gasteiger partial charge in [0.15, 0.2) is 0 Å². The minimum atomic E-state index is -0.308. The number of ether oxygens (including phenoxy) is 1. The second-order valence-corrected chi connectivity index (χ2v) is 5.18. The molecule has 1 saturated carbocycles. The van der Waals surface area contributed by atoms with E-state index < -0.39 is 0 Å². The predicted octanol–water partition coefficient (Wildman–Crippen LogP) is 2.30. The van der Waals surface area contributed by atoms with Crippen LogP contribution in [0.3, 0.4) is 0 Å². The maximum absolute atomic E-state index is 12.7. The summed E-state index contributed by atoms with van der Waals surface area (Å²) < 4.78 is 17.6. The number of carbonyl (C=O) groups is 1. The maximum Gasteiger partial charge on any atom is 0.313 e. The summed E-state index contributed by atoms with van der Waals surface area (Å²) in [4.78, 5) is 11.7. The van der Waals surface area contributed by atoms with Crippen molar-refractivity contribution in [2.24, 2.45) is 5.41 Å². The van der Waals surface area contributed by atoms with Crippen molar-refractivity contribution in [2.45, 2.75) is 25.7 Å². The van der Waals surface area contributed by atoms with Crippen LogP contribution in [0.4, 0.5) is 4.39 Å². The third kappa shape index (κ3) is 3.32. The standard InChI is InChI=1S/C15H20FNO2/c1-19-14(18)15(8-2-9-15)11-17-10-7-12-3-5-13(16)6-4-12/h3-6,17H,2,7-11H2,1H3. The summed E-state index contributed by atoms with van der Waals surface area (Å²) in [5.41, 5.74) is 0.784. The summed E-state index contributed by atoms with van der Waals surface area (Å²) in [6, 6.07) is 6.52. The molecule has 1 N–H and O–H groups in total. The molecule has 0 spiro atoms. The van der Waals surface area contributed by atoms with Gasteiger partial charge in [-0.25, -0.2) is 4.39 Å². The van der Waals surface area contributed by atoms with E-state index >= 15 is 0 Å². The van der Waals surface area contributed by atoms with E-state index in [1.807, 2.05) is 0 Å². The van der Waals surface area contributed by atoms with Crippen molar-refractivity contribution in [1.82, 2.24) is 5.32 Å². The van der Waals surface area contributed by atoms with Gasteiger partial charge in [0.1, 0.15) is 5.82 Å². The molecular formula is C15H20FNO2. The molecule has 19 heavy (non-hydrogen) atoms. The Bertz CT molecular complexity index is 426. The third-order valence-corrected chi connectivity index (χ3v) is 3.90. The number of rotatable bonds is 6. The van der Waals surface area contributed by atoms with E-state index in [4.69, 9.17) is 4.74 Å². The lowest BCUT2D eigenvalue weighted by molar-refractivity contribution is -0.158. The number of esters is 1. The lowest BCUT2D eigenvalue weighted by Gasteiger charge is -2.39. The van der Waals surface area contributed by atoms with Crippen LogP contribution in [0.5, 0.6) is 0 Å². The lowest BCUT2D eigenvalue weighted by Crippen LogP contribution is -2.47. The number of methoxy groups -OCH3 is 1. The van der Waals surface area contributed by atoms with Crippen molar-refractivity contribution in [3.8, 4) is 0 Å². The molecule has 0 radical (unpaired) electrons. The highest BCUT2D eigenvalue weighted by Gasteiger charge is 2.44. The number of benzene rings is 1. The molecule has 0 saturated heterocycles. The van der Waals surface area contributed by atoms with Crippen LogP contribution in [0.15, 0.2) is 24.3 Å². The average molecular weight is 265 g/mol. The maximum atomic E-state index is 12.7. The van der Waals surface area contributed by atoms with Gasteiger partial charge < -0.3 is 10.1 Å². The first-order valence-electron chi connectivity index (χ1n) is 6.70. The summed E-state index contributed by atoms with van der Waals surface area (Å²) in [5.74, 6) is -0.316. The van der Waals surface area contributed by atoms with Crippen LogP contribution in [0.1, 0.15) is 24.8 Å². The molecule has 1 fully saturated rings. The summed E-state index contributed by atoms with van der Waals surface area (Å²) in [7, 11) is 1.45. The van der Waals surface area contributed by atoms with Gasteiger partial charge in [-0.2, -0.15) is 0 Å².